The highest BCUT2D eigenvalue weighted by Crippen LogP contribution is 2.18. The molecule has 0 aliphatic rings. The molecule has 5 heteroatoms. The second kappa shape index (κ2) is 5.54. The van der Waals surface area contributed by atoms with Crippen LogP contribution < -0.4 is 10.6 Å². The van der Waals surface area contributed by atoms with Gasteiger partial charge in [-0.25, -0.2) is 4.79 Å². The van der Waals surface area contributed by atoms with Crippen LogP contribution in [0.15, 0.2) is 30.5 Å². The van der Waals surface area contributed by atoms with Gasteiger partial charge in [-0.1, -0.05) is 13.8 Å². The Hall–Kier alpha value is -2.01. The van der Waals surface area contributed by atoms with Gasteiger partial charge >= 0.3 is 6.03 Å². The Morgan fingerprint density at radius 1 is 1.40 bits per heavy atom. The molecule has 0 saturated carbocycles. The lowest BCUT2D eigenvalue weighted by Gasteiger charge is -2.27. The lowest BCUT2D eigenvalue weighted by Crippen LogP contribution is -2.45. The lowest BCUT2D eigenvalue weighted by molar-refractivity contribution is 0.0170. The Labute approximate surface area is 118 Å². The van der Waals surface area contributed by atoms with E-state index in [2.05, 4.69) is 15.6 Å². The van der Waals surface area contributed by atoms with Crippen molar-refractivity contribution >= 4 is 22.6 Å². The number of carbonyl (C=O) groups excluding carboxylic acids is 1. The normalized spacial score (nSPS) is 14.2. The Bertz CT molecular complexity index is 602. The number of carbonyl (C=O) groups is 1. The van der Waals surface area contributed by atoms with Crippen LogP contribution in [0.2, 0.25) is 0 Å². The second-order valence-corrected chi connectivity index (χ2v) is 5.60. The highest BCUT2D eigenvalue weighted by Gasteiger charge is 2.25. The van der Waals surface area contributed by atoms with Gasteiger partial charge in [0.15, 0.2) is 0 Å². The van der Waals surface area contributed by atoms with E-state index in [1.807, 2.05) is 44.3 Å². The molecule has 0 spiro atoms. The summed E-state index contributed by atoms with van der Waals surface area (Å²) >= 11 is 0. The summed E-state index contributed by atoms with van der Waals surface area (Å²) in [4.78, 5) is 14.9. The number of H-pyrrole nitrogens is 1. The van der Waals surface area contributed by atoms with Crippen molar-refractivity contribution in [3.63, 3.8) is 0 Å². The van der Waals surface area contributed by atoms with Gasteiger partial charge in [0.1, 0.15) is 0 Å². The predicted molar refractivity (Wildman–Crippen MR) is 80.8 cm³/mol. The van der Waals surface area contributed by atoms with Crippen LogP contribution in [0.25, 0.3) is 10.9 Å². The summed E-state index contributed by atoms with van der Waals surface area (Å²) in [5.41, 5.74) is 0.833. The molecule has 1 atom stereocenters. The maximum absolute atomic E-state index is 11.8. The van der Waals surface area contributed by atoms with Crippen LogP contribution in [0, 0.1) is 5.92 Å². The Morgan fingerprint density at radius 3 is 2.85 bits per heavy atom. The SMILES string of the molecule is CC(C)C(C)(O)CNC(=O)Nc1ccc2[nH]ccc2c1. The molecule has 0 bridgehead atoms. The van der Waals surface area contributed by atoms with E-state index in [0.717, 1.165) is 16.6 Å². The number of aromatic amines is 1. The zero-order valence-corrected chi connectivity index (χ0v) is 12.0. The summed E-state index contributed by atoms with van der Waals surface area (Å²) in [7, 11) is 0. The number of aliphatic hydroxyl groups is 1. The van der Waals surface area contributed by atoms with E-state index in [1.165, 1.54) is 0 Å². The first-order valence-corrected chi connectivity index (χ1v) is 6.73. The van der Waals surface area contributed by atoms with Gasteiger partial charge in [0, 0.05) is 29.3 Å². The average Bonchev–Trinajstić information content (AvgIpc) is 2.83. The summed E-state index contributed by atoms with van der Waals surface area (Å²) in [6, 6.07) is 7.27. The minimum absolute atomic E-state index is 0.0685. The maximum atomic E-state index is 11.8. The number of fused-ring (bicyclic) bond motifs is 1. The predicted octanol–water partition coefficient (Wildman–Crippen LogP) is 2.70. The van der Waals surface area contributed by atoms with Crippen molar-refractivity contribution in [3.05, 3.63) is 30.5 Å². The standard InChI is InChI=1S/C15H21N3O2/c1-10(2)15(3,20)9-17-14(19)18-12-4-5-13-11(8-12)6-7-16-13/h4-8,10,16,20H,9H2,1-3H3,(H2,17,18,19). The number of aromatic nitrogens is 1. The molecular formula is C15H21N3O2. The van der Waals surface area contributed by atoms with Gasteiger partial charge in [0.25, 0.3) is 0 Å². The molecule has 2 rings (SSSR count). The van der Waals surface area contributed by atoms with Crippen LogP contribution >= 0.6 is 0 Å². The summed E-state index contributed by atoms with van der Waals surface area (Å²) in [5.74, 6) is 0.0685. The van der Waals surface area contributed by atoms with Gasteiger partial charge in [-0.15, -0.1) is 0 Å². The van der Waals surface area contributed by atoms with Gasteiger partial charge in [-0.3, -0.25) is 0 Å². The number of nitrogens with one attached hydrogen (secondary N) is 3. The molecule has 20 heavy (non-hydrogen) atoms. The first-order valence-electron chi connectivity index (χ1n) is 6.73. The zero-order chi connectivity index (χ0) is 14.8. The molecule has 2 amide bonds. The second-order valence-electron chi connectivity index (χ2n) is 5.60. The molecule has 1 aromatic heterocycles. The van der Waals surface area contributed by atoms with Crippen LogP contribution in [0.4, 0.5) is 10.5 Å². The van der Waals surface area contributed by atoms with E-state index in [4.69, 9.17) is 0 Å². The first kappa shape index (κ1) is 14.4. The minimum atomic E-state index is -0.915. The Balaban J connectivity index is 1.94. The van der Waals surface area contributed by atoms with Crippen LogP contribution in [-0.2, 0) is 0 Å². The average molecular weight is 275 g/mol. The molecule has 1 unspecified atom stereocenters. The molecule has 0 fully saturated rings. The number of anilines is 1. The molecule has 108 valence electrons. The zero-order valence-electron chi connectivity index (χ0n) is 12.0. The maximum Gasteiger partial charge on any atom is 0.319 e. The molecule has 0 aliphatic carbocycles. The summed E-state index contributed by atoms with van der Waals surface area (Å²) in [6.45, 7) is 5.76. The van der Waals surface area contributed by atoms with E-state index in [1.54, 1.807) is 6.92 Å². The highest BCUT2D eigenvalue weighted by molar-refractivity contribution is 5.92. The molecule has 2 aromatic rings. The number of hydrogen-bond donors (Lipinski definition) is 4. The number of benzene rings is 1. The molecule has 5 nitrogen and oxygen atoms in total. The lowest BCUT2D eigenvalue weighted by atomic mass is 9.93. The van der Waals surface area contributed by atoms with Crippen molar-refractivity contribution in [1.29, 1.82) is 0 Å². The van der Waals surface area contributed by atoms with E-state index < -0.39 is 5.60 Å². The van der Waals surface area contributed by atoms with E-state index in [0.29, 0.717) is 0 Å². The molecule has 4 N–H and O–H groups in total. The summed E-state index contributed by atoms with van der Waals surface area (Å²) < 4.78 is 0. The molecule has 0 radical (unpaired) electrons. The molecule has 0 aliphatic heterocycles. The van der Waals surface area contributed by atoms with Crippen molar-refractivity contribution in [2.45, 2.75) is 26.4 Å². The monoisotopic (exact) mass is 275 g/mol. The van der Waals surface area contributed by atoms with Crippen LogP contribution in [0.3, 0.4) is 0 Å². The number of urea groups is 1. The van der Waals surface area contributed by atoms with Crippen molar-refractivity contribution in [2.24, 2.45) is 5.92 Å². The summed E-state index contributed by atoms with van der Waals surface area (Å²) in [6.07, 6.45) is 1.86. The largest absolute Gasteiger partial charge is 0.388 e. The third-order valence-electron chi connectivity index (χ3n) is 3.66. The van der Waals surface area contributed by atoms with Gasteiger partial charge < -0.3 is 20.7 Å². The fourth-order valence-electron chi connectivity index (χ4n) is 1.77. The van der Waals surface area contributed by atoms with E-state index >= 15 is 0 Å². The van der Waals surface area contributed by atoms with Crippen LogP contribution in [0.5, 0.6) is 0 Å². The number of amides is 2. The number of hydrogen-bond acceptors (Lipinski definition) is 2. The Morgan fingerprint density at radius 2 is 2.15 bits per heavy atom. The Kier molecular flexibility index (Phi) is 3.99. The van der Waals surface area contributed by atoms with Gasteiger partial charge in [-0.05, 0) is 37.1 Å². The van der Waals surface area contributed by atoms with Crippen molar-refractivity contribution in [1.82, 2.24) is 10.3 Å². The summed E-state index contributed by atoms with van der Waals surface area (Å²) in [5, 5.41) is 16.6. The van der Waals surface area contributed by atoms with Gasteiger partial charge in [-0.2, -0.15) is 0 Å². The quantitative estimate of drug-likeness (QED) is 0.692. The highest BCUT2D eigenvalue weighted by atomic mass is 16.3. The van der Waals surface area contributed by atoms with E-state index in [9.17, 15) is 9.90 Å². The number of rotatable bonds is 4. The van der Waals surface area contributed by atoms with Gasteiger partial charge in [0.05, 0.1) is 5.60 Å². The fourth-order valence-corrected chi connectivity index (χ4v) is 1.77. The third-order valence-corrected chi connectivity index (χ3v) is 3.66. The van der Waals surface area contributed by atoms with Crippen molar-refractivity contribution in [2.75, 3.05) is 11.9 Å². The van der Waals surface area contributed by atoms with Crippen molar-refractivity contribution in [3.8, 4) is 0 Å². The first-order chi connectivity index (χ1) is 9.38. The van der Waals surface area contributed by atoms with Crippen molar-refractivity contribution < 1.29 is 9.90 Å². The molecule has 1 heterocycles. The van der Waals surface area contributed by atoms with Gasteiger partial charge in [0.2, 0.25) is 0 Å². The van der Waals surface area contributed by atoms with Crippen LogP contribution in [0.1, 0.15) is 20.8 Å². The smallest absolute Gasteiger partial charge is 0.319 e. The molecule has 0 saturated heterocycles. The topological polar surface area (TPSA) is 77.2 Å². The van der Waals surface area contributed by atoms with E-state index in [-0.39, 0.29) is 18.5 Å². The molecular weight excluding hydrogens is 254 g/mol. The van der Waals surface area contributed by atoms with Crippen LogP contribution in [-0.4, -0.2) is 28.3 Å². The minimum Gasteiger partial charge on any atom is -0.388 e. The fraction of sp³-hybridized carbons (Fsp3) is 0.400. The third kappa shape index (κ3) is 3.30. The molecule has 1 aromatic carbocycles.